The van der Waals surface area contributed by atoms with Crippen LogP contribution in [0.15, 0.2) is 67.0 Å². The van der Waals surface area contributed by atoms with Crippen LogP contribution in [0.4, 0.5) is 5.82 Å². The zero-order valence-corrected chi connectivity index (χ0v) is 16.6. The van der Waals surface area contributed by atoms with E-state index in [1.165, 1.54) is 0 Å². The topological polar surface area (TPSA) is 79.3 Å². The molecular weight excluding hydrogens is 378 g/mol. The number of ketones is 1. The number of benzene rings is 1. The van der Waals surface area contributed by atoms with Crippen LogP contribution in [-0.2, 0) is 4.79 Å². The van der Waals surface area contributed by atoms with E-state index in [2.05, 4.69) is 20.1 Å². The number of aromatic nitrogens is 3. The third kappa shape index (κ3) is 4.68. The zero-order valence-electron chi connectivity index (χ0n) is 16.6. The van der Waals surface area contributed by atoms with Crippen LogP contribution < -0.4 is 4.90 Å². The molecule has 30 heavy (non-hydrogen) atoms. The molecule has 0 atom stereocenters. The third-order valence-electron chi connectivity index (χ3n) is 5.24. The quantitative estimate of drug-likeness (QED) is 0.591. The van der Waals surface area contributed by atoms with Crippen molar-refractivity contribution in [3.63, 3.8) is 0 Å². The number of carbonyl (C=O) groups excluding carboxylic acids is 2. The van der Waals surface area contributed by atoms with Crippen LogP contribution in [0.2, 0.25) is 0 Å². The number of hydrogen-bond acceptors (Lipinski definition) is 6. The molecular formula is C23H23N5O2. The summed E-state index contributed by atoms with van der Waals surface area (Å²) in [4.78, 5) is 32.7. The molecule has 152 valence electrons. The highest BCUT2D eigenvalue weighted by molar-refractivity contribution is 5.97. The van der Waals surface area contributed by atoms with Crippen molar-refractivity contribution in [3.05, 3.63) is 72.6 Å². The van der Waals surface area contributed by atoms with Gasteiger partial charge < -0.3 is 9.80 Å². The summed E-state index contributed by atoms with van der Waals surface area (Å²) < 4.78 is 0. The molecule has 0 radical (unpaired) electrons. The molecule has 2 aromatic heterocycles. The second-order valence-corrected chi connectivity index (χ2v) is 7.17. The van der Waals surface area contributed by atoms with Crippen LogP contribution in [0.25, 0.3) is 11.3 Å². The van der Waals surface area contributed by atoms with Gasteiger partial charge in [0.1, 0.15) is 0 Å². The van der Waals surface area contributed by atoms with Gasteiger partial charge in [0, 0.05) is 62.5 Å². The Kier molecular flexibility index (Phi) is 6.08. The Morgan fingerprint density at radius 2 is 1.53 bits per heavy atom. The van der Waals surface area contributed by atoms with Gasteiger partial charge in [-0.05, 0) is 24.3 Å². The van der Waals surface area contributed by atoms with Crippen molar-refractivity contribution in [3.8, 4) is 11.3 Å². The lowest BCUT2D eigenvalue weighted by atomic mass is 10.1. The van der Waals surface area contributed by atoms with Gasteiger partial charge in [0.25, 0.3) is 0 Å². The molecule has 1 saturated heterocycles. The fourth-order valence-corrected chi connectivity index (χ4v) is 3.50. The SMILES string of the molecule is O=C(CCC(=O)N1CCN(c2ccc(-c3ccncc3)nn2)CC1)c1ccccc1. The molecule has 4 rings (SSSR count). The Bertz CT molecular complexity index is 985. The van der Waals surface area contributed by atoms with Crippen molar-refractivity contribution in [2.45, 2.75) is 12.8 Å². The Morgan fingerprint density at radius 3 is 2.20 bits per heavy atom. The second kappa shape index (κ2) is 9.26. The minimum atomic E-state index is 0.00662. The summed E-state index contributed by atoms with van der Waals surface area (Å²) in [5.41, 5.74) is 2.44. The fourth-order valence-electron chi connectivity index (χ4n) is 3.50. The number of hydrogen-bond donors (Lipinski definition) is 0. The molecule has 7 nitrogen and oxygen atoms in total. The number of rotatable bonds is 6. The first-order valence-corrected chi connectivity index (χ1v) is 10.1. The largest absolute Gasteiger partial charge is 0.352 e. The smallest absolute Gasteiger partial charge is 0.223 e. The van der Waals surface area contributed by atoms with Gasteiger partial charge in [0.05, 0.1) is 5.69 Å². The maximum absolute atomic E-state index is 12.5. The first kappa shape index (κ1) is 19.7. The average Bonchev–Trinajstić information content (AvgIpc) is 2.83. The maximum atomic E-state index is 12.5. The van der Waals surface area contributed by atoms with Gasteiger partial charge in [0.15, 0.2) is 11.6 Å². The van der Waals surface area contributed by atoms with Crippen LogP contribution >= 0.6 is 0 Å². The monoisotopic (exact) mass is 401 g/mol. The molecule has 0 spiro atoms. The second-order valence-electron chi connectivity index (χ2n) is 7.17. The molecule has 0 bridgehead atoms. The average molecular weight is 401 g/mol. The normalized spacial score (nSPS) is 13.9. The number of piperazine rings is 1. The summed E-state index contributed by atoms with van der Waals surface area (Å²) in [5, 5.41) is 8.67. The molecule has 0 aliphatic carbocycles. The van der Waals surface area contributed by atoms with Gasteiger partial charge in [-0.25, -0.2) is 0 Å². The van der Waals surface area contributed by atoms with Crippen LogP contribution in [0.3, 0.4) is 0 Å². The van der Waals surface area contributed by atoms with Gasteiger partial charge in [-0.2, -0.15) is 0 Å². The molecule has 0 saturated carbocycles. The predicted octanol–water partition coefficient (Wildman–Crippen LogP) is 2.85. The van der Waals surface area contributed by atoms with Gasteiger partial charge in [0.2, 0.25) is 5.91 Å². The lowest BCUT2D eigenvalue weighted by Crippen LogP contribution is -2.49. The van der Waals surface area contributed by atoms with Crippen molar-refractivity contribution in [1.29, 1.82) is 0 Å². The molecule has 1 aliphatic rings. The molecule has 0 N–H and O–H groups in total. The first-order valence-electron chi connectivity index (χ1n) is 10.1. The minimum Gasteiger partial charge on any atom is -0.352 e. The van der Waals surface area contributed by atoms with Crippen LogP contribution in [0.1, 0.15) is 23.2 Å². The Hall–Kier alpha value is -3.61. The number of nitrogens with zero attached hydrogens (tertiary/aromatic N) is 5. The molecule has 3 heterocycles. The molecule has 0 unspecified atom stereocenters. The van der Waals surface area contributed by atoms with E-state index in [0.717, 1.165) is 17.1 Å². The minimum absolute atomic E-state index is 0.00662. The van der Waals surface area contributed by atoms with E-state index in [1.807, 2.05) is 47.4 Å². The Morgan fingerprint density at radius 1 is 0.800 bits per heavy atom. The van der Waals surface area contributed by atoms with E-state index in [0.29, 0.717) is 31.7 Å². The first-order chi connectivity index (χ1) is 14.7. The Labute approximate surface area is 175 Å². The number of amides is 1. The summed E-state index contributed by atoms with van der Waals surface area (Å²) >= 11 is 0. The zero-order chi connectivity index (χ0) is 20.8. The van der Waals surface area contributed by atoms with Crippen LogP contribution in [-0.4, -0.2) is 58.0 Å². The third-order valence-corrected chi connectivity index (χ3v) is 5.24. The van der Waals surface area contributed by atoms with Crippen molar-refractivity contribution < 1.29 is 9.59 Å². The van der Waals surface area contributed by atoms with Gasteiger partial charge in [-0.15, -0.1) is 10.2 Å². The molecule has 1 fully saturated rings. The lowest BCUT2D eigenvalue weighted by molar-refractivity contribution is -0.131. The lowest BCUT2D eigenvalue weighted by Gasteiger charge is -2.35. The number of pyridine rings is 1. The highest BCUT2D eigenvalue weighted by atomic mass is 16.2. The fraction of sp³-hybridized carbons (Fsp3) is 0.261. The predicted molar refractivity (Wildman–Crippen MR) is 114 cm³/mol. The van der Waals surface area contributed by atoms with E-state index >= 15 is 0 Å². The molecule has 1 aliphatic heterocycles. The van der Waals surface area contributed by atoms with Crippen molar-refractivity contribution in [2.75, 3.05) is 31.1 Å². The molecule has 1 aromatic carbocycles. The van der Waals surface area contributed by atoms with Crippen molar-refractivity contribution in [2.24, 2.45) is 0 Å². The molecule has 1 amide bonds. The van der Waals surface area contributed by atoms with Gasteiger partial charge in [-0.1, -0.05) is 30.3 Å². The number of anilines is 1. The highest BCUT2D eigenvalue weighted by Crippen LogP contribution is 2.19. The van der Waals surface area contributed by atoms with E-state index in [9.17, 15) is 9.59 Å². The van der Waals surface area contributed by atoms with E-state index in [-0.39, 0.29) is 24.5 Å². The highest BCUT2D eigenvalue weighted by Gasteiger charge is 2.22. The Balaban J connectivity index is 1.27. The van der Waals surface area contributed by atoms with Crippen molar-refractivity contribution in [1.82, 2.24) is 20.1 Å². The van der Waals surface area contributed by atoms with Crippen LogP contribution in [0, 0.1) is 0 Å². The van der Waals surface area contributed by atoms with Crippen LogP contribution in [0.5, 0.6) is 0 Å². The number of Topliss-reactive ketones (excluding diaryl/α,β-unsaturated/α-hetero) is 1. The van der Waals surface area contributed by atoms with E-state index in [1.54, 1.807) is 24.5 Å². The maximum Gasteiger partial charge on any atom is 0.223 e. The van der Waals surface area contributed by atoms with Gasteiger partial charge in [-0.3, -0.25) is 14.6 Å². The summed E-state index contributed by atoms with van der Waals surface area (Å²) in [6.07, 6.45) is 3.95. The summed E-state index contributed by atoms with van der Waals surface area (Å²) in [5.74, 6) is 0.837. The van der Waals surface area contributed by atoms with Crippen molar-refractivity contribution >= 4 is 17.5 Å². The summed E-state index contributed by atoms with van der Waals surface area (Å²) in [6.45, 7) is 2.63. The summed E-state index contributed by atoms with van der Waals surface area (Å²) in [7, 11) is 0. The van der Waals surface area contributed by atoms with E-state index < -0.39 is 0 Å². The summed E-state index contributed by atoms with van der Waals surface area (Å²) in [6, 6.07) is 16.8. The molecule has 3 aromatic rings. The van der Waals surface area contributed by atoms with E-state index in [4.69, 9.17) is 0 Å². The molecule has 7 heteroatoms. The standard InChI is InChI=1S/C23H23N5O2/c29-21(19-4-2-1-3-5-19)7-9-23(30)28-16-14-27(15-17-28)22-8-6-20(25-26-22)18-10-12-24-13-11-18/h1-6,8,10-13H,7,9,14-17H2. The number of carbonyl (C=O) groups is 2. The van der Waals surface area contributed by atoms with Gasteiger partial charge >= 0.3 is 0 Å².